The number of pyridine rings is 1. The van der Waals surface area contributed by atoms with Gasteiger partial charge < -0.3 is 25.7 Å². The molecule has 3 amide bonds. The summed E-state index contributed by atoms with van der Waals surface area (Å²) in [6, 6.07) is 21.4. The summed E-state index contributed by atoms with van der Waals surface area (Å²) in [7, 11) is 1.58. The fourth-order valence-electron chi connectivity index (χ4n) is 3.96. The maximum absolute atomic E-state index is 12.7. The van der Waals surface area contributed by atoms with Crippen LogP contribution in [0.3, 0.4) is 0 Å². The third-order valence-electron chi connectivity index (χ3n) is 5.77. The second-order valence-corrected chi connectivity index (χ2v) is 8.88. The van der Waals surface area contributed by atoms with Crippen LogP contribution in [-0.2, 0) is 13.0 Å². The summed E-state index contributed by atoms with van der Waals surface area (Å²) in [6.07, 6.45) is 2.76. The van der Waals surface area contributed by atoms with Gasteiger partial charge >= 0.3 is 6.03 Å². The summed E-state index contributed by atoms with van der Waals surface area (Å²) in [5, 5.41) is 11.8. The van der Waals surface area contributed by atoms with E-state index in [-0.39, 0.29) is 18.0 Å². The molecule has 0 atom stereocenters. The Kier molecular flexibility index (Phi) is 7.97. The normalized spacial score (nSPS) is 11.0. The van der Waals surface area contributed by atoms with E-state index in [1.165, 1.54) is 5.56 Å². The Morgan fingerprint density at radius 1 is 0.972 bits per heavy atom. The van der Waals surface area contributed by atoms with Crippen LogP contribution >= 0.6 is 0 Å². The molecule has 0 unspecified atom stereocenters. The highest BCUT2D eigenvalue weighted by Crippen LogP contribution is 2.26. The molecule has 4 N–H and O–H groups in total. The van der Waals surface area contributed by atoms with E-state index >= 15 is 0 Å². The molecule has 0 aliphatic rings. The number of aromatic nitrogens is 2. The lowest BCUT2D eigenvalue weighted by molar-refractivity contribution is 0.0942. The molecule has 0 saturated carbocycles. The molecular weight excluding hydrogens is 452 g/mol. The summed E-state index contributed by atoms with van der Waals surface area (Å²) in [6.45, 7) is 5.27. The average molecular weight is 485 g/mol. The van der Waals surface area contributed by atoms with Gasteiger partial charge in [0.05, 0.1) is 17.0 Å². The lowest BCUT2D eigenvalue weighted by Gasteiger charge is -2.11. The second-order valence-electron chi connectivity index (χ2n) is 8.88. The van der Waals surface area contributed by atoms with Crippen LogP contribution in [0.25, 0.3) is 16.9 Å². The van der Waals surface area contributed by atoms with E-state index in [2.05, 4.69) is 33.4 Å². The van der Waals surface area contributed by atoms with E-state index in [1.807, 2.05) is 73.0 Å². The van der Waals surface area contributed by atoms with Gasteiger partial charge in [0.2, 0.25) is 0 Å². The Hall–Kier alpha value is -4.17. The number of carbonyl (C=O) groups is 2. The van der Waals surface area contributed by atoms with Gasteiger partial charge in [0.25, 0.3) is 5.91 Å². The van der Waals surface area contributed by atoms with Gasteiger partial charge in [0, 0.05) is 37.1 Å². The van der Waals surface area contributed by atoms with Crippen molar-refractivity contribution >= 4 is 23.3 Å². The molecule has 0 bridgehead atoms. The van der Waals surface area contributed by atoms with Crippen LogP contribution < -0.4 is 21.3 Å². The Labute approximate surface area is 211 Å². The zero-order valence-electron chi connectivity index (χ0n) is 20.8. The van der Waals surface area contributed by atoms with E-state index in [4.69, 9.17) is 4.98 Å². The molecule has 36 heavy (non-hydrogen) atoms. The van der Waals surface area contributed by atoms with Crippen LogP contribution in [0, 0.1) is 0 Å². The topological polar surface area (TPSA) is 99.6 Å². The van der Waals surface area contributed by atoms with Crippen molar-refractivity contribution in [2.45, 2.75) is 32.9 Å². The lowest BCUT2D eigenvalue weighted by Crippen LogP contribution is -2.30. The summed E-state index contributed by atoms with van der Waals surface area (Å²) < 4.78 is 1.98. The van der Waals surface area contributed by atoms with Crippen LogP contribution in [0.1, 0.15) is 35.5 Å². The summed E-state index contributed by atoms with van der Waals surface area (Å²) in [5.41, 5.74) is 6.02. The van der Waals surface area contributed by atoms with Gasteiger partial charge in [-0.1, -0.05) is 42.5 Å². The molecule has 4 rings (SSSR count). The average Bonchev–Trinajstić information content (AvgIpc) is 3.25. The molecule has 2 heterocycles. The summed E-state index contributed by atoms with van der Waals surface area (Å²) in [5.74, 6) is -0.116. The Morgan fingerprint density at radius 3 is 2.42 bits per heavy atom. The fourth-order valence-corrected chi connectivity index (χ4v) is 3.96. The molecule has 2 aromatic carbocycles. The van der Waals surface area contributed by atoms with Crippen molar-refractivity contribution in [2.75, 3.05) is 18.9 Å². The number of amides is 3. The highest BCUT2D eigenvalue weighted by atomic mass is 16.2. The van der Waals surface area contributed by atoms with Gasteiger partial charge in [-0.05, 0) is 56.6 Å². The molecule has 0 radical (unpaired) electrons. The molecule has 4 aromatic rings. The van der Waals surface area contributed by atoms with Crippen LogP contribution in [0.5, 0.6) is 0 Å². The fraction of sp³-hybridized carbons (Fsp3) is 0.250. The number of nitrogens with one attached hydrogen (secondary N) is 4. The van der Waals surface area contributed by atoms with Crippen LogP contribution in [0.4, 0.5) is 10.5 Å². The van der Waals surface area contributed by atoms with Gasteiger partial charge in [0.1, 0.15) is 5.65 Å². The zero-order valence-corrected chi connectivity index (χ0v) is 20.8. The first-order valence-corrected chi connectivity index (χ1v) is 12.1. The van der Waals surface area contributed by atoms with Gasteiger partial charge in [-0.2, -0.15) is 0 Å². The molecular formula is C28H32N6O2. The summed E-state index contributed by atoms with van der Waals surface area (Å²) >= 11 is 0. The van der Waals surface area contributed by atoms with Crippen LogP contribution in [0.2, 0.25) is 0 Å². The van der Waals surface area contributed by atoms with Crippen molar-refractivity contribution < 1.29 is 9.59 Å². The van der Waals surface area contributed by atoms with E-state index in [1.54, 1.807) is 13.1 Å². The van der Waals surface area contributed by atoms with Crippen molar-refractivity contribution in [3.05, 3.63) is 89.7 Å². The smallest absolute Gasteiger partial charge is 0.318 e. The molecule has 8 heteroatoms. The first-order valence-electron chi connectivity index (χ1n) is 12.1. The molecule has 8 nitrogen and oxygen atoms in total. The molecule has 2 aromatic heterocycles. The van der Waals surface area contributed by atoms with Crippen molar-refractivity contribution in [1.29, 1.82) is 0 Å². The van der Waals surface area contributed by atoms with Crippen molar-refractivity contribution in [2.24, 2.45) is 0 Å². The first-order chi connectivity index (χ1) is 17.4. The van der Waals surface area contributed by atoms with E-state index in [9.17, 15) is 9.59 Å². The molecule has 0 spiro atoms. The van der Waals surface area contributed by atoms with Gasteiger partial charge in [-0.25, -0.2) is 9.78 Å². The second kappa shape index (κ2) is 11.5. The molecule has 0 aliphatic carbocycles. The number of fused-ring (bicyclic) bond motifs is 1. The minimum Gasteiger partial charge on any atom is -0.350 e. The number of urea groups is 1. The molecule has 186 valence electrons. The Morgan fingerprint density at radius 2 is 1.72 bits per heavy atom. The number of anilines is 1. The van der Waals surface area contributed by atoms with Crippen molar-refractivity contribution in [3.63, 3.8) is 0 Å². The number of carbonyl (C=O) groups excluding carboxylic acids is 2. The minimum atomic E-state index is -0.272. The predicted molar refractivity (Wildman–Crippen MR) is 143 cm³/mol. The standard InChI is InChI=1S/C28H32N6O2/c1-19(2)31-27(35)22-11-14-25-33-26(21-9-12-23(13-10-21)32-28(36)29-3)24(34(25)18-22)17-30-16-15-20-7-5-4-6-8-20/h4-14,18-19,30H,15-17H2,1-3H3,(H,31,35)(H2,29,32,36). The number of hydrogen-bond acceptors (Lipinski definition) is 4. The third-order valence-corrected chi connectivity index (χ3v) is 5.77. The molecule has 0 fully saturated rings. The number of imidazole rings is 1. The largest absolute Gasteiger partial charge is 0.350 e. The van der Waals surface area contributed by atoms with Crippen molar-refractivity contribution in [1.82, 2.24) is 25.3 Å². The maximum Gasteiger partial charge on any atom is 0.318 e. The highest BCUT2D eigenvalue weighted by molar-refractivity contribution is 5.94. The first kappa shape index (κ1) is 24.9. The monoisotopic (exact) mass is 484 g/mol. The van der Waals surface area contributed by atoms with E-state index in [0.717, 1.165) is 35.6 Å². The summed E-state index contributed by atoms with van der Waals surface area (Å²) in [4.78, 5) is 29.2. The van der Waals surface area contributed by atoms with Gasteiger partial charge in [0.15, 0.2) is 0 Å². The third kappa shape index (κ3) is 6.09. The van der Waals surface area contributed by atoms with Crippen molar-refractivity contribution in [3.8, 4) is 11.3 Å². The lowest BCUT2D eigenvalue weighted by atomic mass is 10.1. The number of benzene rings is 2. The number of nitrogens with zero attached hydrogens (tertiary/aromatic N) is 2. The highest BCUT2D eigenvalue weighted by Gasteiger charge is 2.16. The molecule has 0 saturated heterocycles. The number of rotatable bonds is 9. The maximum atomic E-state index is 12.7. The van der Waals surface area contributed by atoms with Crippen LogP contribution in [0.15, 0.2) is 72.9 Å². The van der Waals surface area contributed by atoms with Crippen LogP contribution in [-0.4, -0.2) is 41.0 Å². The zero-order chi connectivity index (χ0) is 25.5. The SMILES string of the molecule is CNC(=O)Nc1ccc(-c2nc3ccc(C(=O)NC(C)C)cn3c2CNCCc2ccccc2)cc1. The Bertz CT molecular complexity index is 1330. The number of hydrogen-bond donors (Lipinski definition) is 4. The van der Waals surface area contributed by atoms with E-state index in [0.29, 0.717) is 17.8 Å². The van der Waals surface area contributed by atoms with Gasteiger partial charge in [-0.3, -0.25) is 4.79 Å². The minimum absolute atomic E-state index is 0.0487. The van der Waals surface area contributed by atoms with E-state index < -0.39 is 0 Å². The van der Waals surface area contributed by atoms with Gasteiger partial charge in [-0.15, -0.1) is 0 Å². The Balaban J connectivity index is 1.63. The predicted octanol–water partition coefficient (Wildman–Crippen LogP) is 4.22. The molecule has 0 aliphatic heterocycles. The quantitative estimate of drug-likeness (QED) is 0.267.